The summed E-state index contributed by atoms with van der Waals surface area (Å²) in [6.07, 6.45) is 1.64. The third-order valence-electron chi connectivity index (χ3n) is 5.62. The van der Waals surface area contributed by atoms with Gasteiger partial charge in [0.25, 0.3) is 0 Å². The Balaban J connectivity index is 1.41. The second-order valence-electron chi connectivity index (χ2n) is 7.80. The molecule has 10 heteroatoms. The lowest BCUT2D eigenvalue weighted by atomic mass is 10.3. The maximum Gasteiger partial charge on any atom is 0.229 e. The number of fused-ring (bicyclic) bond motifs is 2. The Bertz CT molecular complexity index is 1410. The van der Waals surface area contributed by atoms with Crippen molar-refractivity contribution in [2.75, 3.05) is 36.4 Å². The van der Waals surface area contributed by atoms with Crippen LogP contribution in [0.25, 0.3) is 28.0 Å². The van der Waals surface area contributed by atoms with Crippen LogP contribution in [0.5, 0.6) is 0 Å². The minimum absolute atomic E-state index is 0.319. The van der Waals surface area contributed by atoms with Gasteiger partial charge in [0.1, 0.15) is 17.7 Å². The summed E-state index contributed by atoms with van der Waals surface area (Å²) < 4.78 is 21.5. The first-order valence-electron chi connectivity index (χ1n) is 10.8. The zero-order valence-corrected chi connectivity index (χ0v) is 17.7. The van der Waals surface area contributed by atoms with E-state index in [0.717, 1.165) is 37.3 Å². The highest BCUT2D eigenvalue weighted by Crippen LogP contribution is 2.26. The molecule has 0 radical (unpaired) electrons. The number of aromatic nitrogens is 5. The first-order valence-corrected chi connectivity index (χ1v) is 10.8. The average molecular weight is 444 g/mol. The first kappa shape index (κ1) is 19.6. The highest BCUT2D eigenvalue weighted by atomic mass is 19.1. The van der Waals surface area contributed by atoms with Crippen LogP contribution < -0.4 is 15.5 Å². The standard InChI is InChI=1S/C23H21FN8O/c24-15-4-3-5-16(12-15)32-14-27-20-21(26-13-19-28-17-6-1-2-7-18(17)33-19)29-23(30-22(20)32)31-10-8-25-9-11-31/h1-7,12,14,25H,8-11,13H2,(H,26,29,30). The van der Waals surface area contributed by atoms with E-state index in [9.17, 15) is 4.39 Å². The summed E-state index contributed by atoms with van der Waals surface area (Å²) in [5.74, 6) is 1.41. The van der Waals surface area contributed by atoms with E-state index in [0.29, 0.717) is 41.1 Å². The molecule has 1 aliphatic heterocycles. The van der Waals surface area contributed by atoms with Crippen molar-refractivity contribution in [3.63, 3.8) is 0 Å². The number of oxazole rings is 1. The summed E-state index contributed by atoms with van der Waals surface area (Å²) >= 11 is 0. The topological polar surface area (TPSA) is 96.9 Å². The number of hydrogen-bond acceptors (Lipinski definition) is 8. The molecular weight excluding hydrogens is 423 g/mol. The fourth-order valence-electron chi connectivity index (χ4n) is 3.99. The molecule has 1 fully saturated rings. The monoisotopic (exact) mass is 444 g/mol. The fourth-order valence-corrected chi connectivity index (χ4v) is 3.99. The zero-order valence-electron chi connectivity index (χ0n) is 17.7. The second-order valence-corrected chi connectivity index (χ2v) is 7.80. The lowest BCUT2D eigenvalue weighted by Crippen LogP contribution is -2.44. The van der Waals surface area contributed by atoms with Crippen molar-refractivity contribution < 1.29 is 8.81 Å². The molecule has 0 aliphatic carbocycles. The molecule has 6 rings (SSSR count). The SMILES string of the molecule is Fc1cccc(-n2cnc3c(NCc4nc5ccccc5o4)nc(N4CCNCC4)nc32)c1. The third kappa shape index (κ3) is 3.74. The molecule has 5 aromatic rings. The molecule has 1 saturated heterocycles. The number of piperazine rings is 1. The minimum Gasteiger partial charge on any atom is -0.439 e. The highest BCUT2D eigenvalue weighted by Gasteiger charge is 2.20. The van der Waals surface area contributed by atoms with Gasteiger partial charge in [-0.15, -0.1) is 0 Å². The number of hydrogen-bond donors (Lipinski definition) is 2. The molecule has 1 aliphatic rings. The second kappa shape index (κ2) is 8.14. The summed E-state index contributed by atoms with van der Waals surface area (Å²) in [4.78, 5) is 20.8. The maximum absolute atomic E-state index is 13.9. The fraction of sp³-hybridized carbons (Fsp3) is 0.217. The van der Waals surface area contributed by atoms with Gasteiger partial charge in [-0.2, -0.15) is 9.97 Å². The van der Waals surface area contributed by atoms with Crippen molar-refractivity contribution in [3.8, 4) is 5.69 Å². The molecule has 33 heavy (non-hydrogen) atoms. The van der Waals surface area contributed by atoms with E-state index in [1.54, 1.807) is 17.0 Å². The smallest absolute Gasteiger partial charge is 0.229 e. The first-order chi connectivity index (χ1) is 16.2. The van der Waals surface area contributed by atoms with Crippen LogP contribution in [0.1, 0.15) is 5.89 Å². The van der Waals surface area contributed by atoms with E-state index in [1.807, 2.05) is 30.3 Å². The van der Waals surface area contributed by atoms with Crippen molar-refractivity contribution in [3.05, 3.63) is 66.6 Å². The van der Waals surface area contributed by atoms with Crippen molar-refractivity contribution in [1.82, 2.24) is 29.8 Å². The van der Waals surface area contributed by atoms with Crippen LogP contribution in [0, 0.1) is 5.82 Å². The molecule has 0 atom stereocenters. The largest absolute Gasteiger partial charge is 0.439 e. The Labute approximate surface area is 188 Å². The van der Waals surface area contributed by atoms with Gasteiger partial charge >= 0.3 is 0 Å². The molecule has 0 spiro atoms. The number of nitrogens with one attached hydrogen (secondary N) is 2. The molecule has 0 bridgehead atoms. The molecule has 0 saturated carbocycles. The number of para-hydroxylation sites is 2. The Kier molecular flexibility index (Phi) is 4.84. The Morgan fingerprint density at radius 3 is 2.76 bits per heavy atom. The van der Waals surface area contributed by atoms with Crippen LogP contribution >= 0.6 is 0 Å². The third-order valence-corrected chi connectivity index (χ3v) is 5.62. The number of rotatable bonds is 5. The van der Waals surface area contributed by atoms with E-state index < -0.39 is 0 Å². The van der Waals surface area contributed by atoms with Crippen LogP contribution in [-0.4, -0.2) is 50.7 Å². The summed E-state index contributed by atoms with van der Waals surface area (Å²) in [6, 6.07) is 14.0. The molecule has 3 aromatic heterocycles. The van der Waals surface area contributed by atoms with Gasteiger partial charge < -0.3 is 20.0 Å². The van der Waals surface area contributed by atoms with E-state index in [4.69, 9.17) is 14.4 Å². The van der Waals surface area contributed by atoms with Crippen LogP contribution in [0.4, 0.5) is 16.2 Å². The average Bonchev–Trinajstić information content (AvgIpc) is 3.47. The molecule has 9 nitrogen and oxygen atoms in total. The number of anilines is 2. The van der Waals surface area contributed by atoms with Crippen molar-refractivity contribution in [2.45, 2.75) is 6.54 Å². The molecule has 2 N–H and O–H groups in total. The van der Waals surface area contributed by atoms with Crippen molar-refractivity contribution in [2.24, 2.45) is 0 Å². The van der Waals surface area contributed by atoms with Gasteiger partial charge in [-0.3, -0.25) is 4.57 Å². The Hall–Kier alpha value is -4.05. The van der Waals surface area contributed by atoms with Crippen LogP contribution in [0.2, 0.25) is 0 Å². The van der Waals surface area contributed by atoms with Gasteiger partial charge in [-0.25, -0.2) is 14.4 Å². The summed E-state index contributed by atoms with van der Waals surface area (Å²) in [5.41, 5.74) is 3.38. The maximum atomic E-state index is 13.9. The molecule has 166 valence electrons. The van der Waals surface area contributed by atoms with Gasteiger partial charge in [0.05, 0.1) is 12.2 Å². The highest BCUT2D eigenvalue weighted by molar-refractivity contribution is 5.85. The normalized spacial score (nSPS) is 14.3. The van der Waals surface area contributed by atoms with Gasteiger partial charge in [0.2, 0.25) is 11.8 Å². The van der Waals surface area contributed by atoms with Crippen LogP contribution in [0.15, 0.2) is 59.3 Å². The van der Waals surface area contributed by atoms with Gasteiger partial charge in [0, 0.05) is 26.2 Å². The molecular formula is C23H21FN8O. The number of imidazole rings is 1. The van der Waals surface area contributed by atoms with Crippen LogP contribution in [-0.2, 0) is 6.54 Å². The van der Waals surface area contributed by atoms with Gasteiger partial charge in [0.15, 0.2) is 22.6 Å². The Morgan fingerprint density at radius 1 is 1.03 bits per heavy atom. The van der Waals surface area contributed by atoms with Crippen molar-refractivity contribution in [1.29, 1.82) is 0 Å². The lowest BCUT2D eigenvalue weighted by molar-refractivity contribution is 0.540. The lowest BCUT2D eigenvalue weighted by Gasteiger charge is -2.27. The van der Waals surface area contributed by atoms with E-state index in [1.165, 1.54) is 12.1 Å². The van der Waals surface area contributed by atoms with E-state index in [2.05, 4.69) is 25.5 Å². The number of halogens is 1. The summed E-state index contributed by atoms with van der Waals surface area (Å²) in [7, 11) is 0. The molecule has 0 unspecified atom stereocenters. The van der Waals surface area contributed by atoms with Gasteiger partial charge in [-0.1, -0.05) is 18.2 Å². The zero-order chi connectivity index (χ0) is 22.2. The van der Waals surface area contributed by atoms with Crippen molar-refractivity contribution >= 4 is 34.0 Å². The van der Waals surface area contributed by atoms with E-state index in [-0.39, 0.29) is 5.82 Å². The number of benzene rings is 2. The summed E-state index contributed by atoms with van der Waals surface area (Å²) in [5, 5.41) is 6.66. The Morgan fingerprint density at radius 2 is 1.91 bits per heavy atom. The predicted molar refractivity (Wildman–Crippen MR) is 123 cm³/mol. The van der Waals surface area contributed by atoms with E-state index >= 15 is 0 Å². The molecule has 0 amide bonds. The van der Waals surface area contributed by atoms with Gasteiger partial charge in [-0.05, 0) is 30.3 Å². The predicted octanol–water partition coefficient (Wildman–Crippen LogP) is 3.12. The minimum atomic E-state index is -0.319. The molecule has 2 aromatic carbocycles. The number of nitrogens with zero attached hydrogens (tertiary/aromatic N) is 6. The van der Waals surface area contributed by atoms with Crippen LogP contribution in [0.3, 0.4) is 0 Å². The quantitative estimate of drug-likeness (QED) is 0.427. The molecule has 4 heterocycles. The summed E-state index contributed by atoms with van der Waals surface area (Å²) in [6.45, 7) is 3.65.